The minimum atomic E-state index is -0.226. The van der Waals surface area contributed by atoms with Crippen LogP contribution in [0.2, 0.25) is 0 Å². The fraction of sp³-hybridized carbons (Fsp3) is 0.500. The molecule has 0 unspecified atom stereocenters. The van der Waals surface area contributed by atoms with Crippen LogP contribution in [0.4, 0.5) is 0 Å². The zero-order valence-corrected chi connectivity index (χ0v) is 12.6. The molecule has 3 heterocycles. The van der Waals surface area contributed by atoms with Crippen LogP contribution in [-0.2, 0) is 16.0 Å². The van der Waals surface area contributed by atoms with Gasteiger partial charge in [-0.15, -0.1) is 11.3 Å². The lowest BCUT2D eigenvalue weighted by atomic mass is 10.00. The van der Waals surface area contributed by atoms with Crippen molar-refractivity contribution in [2.75, 3.05) is 18.6 Å². The van der Waals surface area contributed by atoms with Gasteiger partial charge in [0.05, 0.1) is 5.39 Å². The van der Waals surface area contributed by atoms with Gasteiger partial charge in [0.15, 0.2) is 0 Å². The van der Waals surface area contributed by atoms with Crippen molar-refractivity contribution in [2.45, 2.75) is 26.2 Å². The van der Waals surface area contributed by atoms with E-state index in [2.05, 4.69) is 10.4 Å². The number of nitrogens with one attached hydrogen (secondary N) is 1. The maximum atomic E-state index is 12.4. The Hall–Kier alpha value is -1.73. The van der Waals surface area contributed by atoms with Gasteiger partial charge in [0, 0.05) is 24.0 Å². The predicted octanol–water partition coefficient (Wildman–Crippen LogP) is 1.52. The normalized spacial score (nSPS) is 16.2. The van der Waals surface area contributed by atoms with E-state index in [4.69, 9.17) is 4.74 Å². The average molecular weight is 307 g/mol. The van der Waals surface area contributed by atoms with Crippen LogP contribution < -0.4 is 11.0 Å². The Kier molecular flexibility index (Phi) is 4.03. The van der Waals surface area contributed by atoms with Gasteiger partial charge in [-0.05, 0) is 25.3 Å². The molecular weight excluding hydrogens is 290 g/mol. The van der Waals surface area contributed by atoms with Crippen LogP contribution in [0, 0.1) is 5.92 Å². The largest absolute Gasteiger partial charge is 0.381 e. The molecule has 1 aliphatic heterocycles. The Morgan fingerprint density at radius 2 is 2.29 bits per heavy atom. The van der Waals surface area contributed by atoms with Gasteiger partial charge in [-0.25, -0.2) is 9.66 Å². The summed E-state index contributed by atoms with van der Waals surface area (Å²) in [5.74, 6) is -0.248. The van der Waals surface area contributed by atoms with Crippen molar-refractivity contribution in [2.24, 2.45) is 5.92 Å². The molecule has 3 rings (SSSR count). The topological polar surface area (TPSA) is 73.2 Å². The summed E-state index contributed by atoms with van der Waals surface area (Å²) in [5.41, 5.74) is 2.43. The second-order valence-corrected chi connectivity index (χ2v) is 6.18. The summed E-state index contributed by atoms with van der Waals surface area (Å²) in [7, 11) is 0. The number of rotatable bonds is 3. The Labute approximate surface area is 125 Å². The Balaban J connectivity index is 1.85. The molecule has 0 bridgehead atoms. The molecule has 1 saturated heterocycles. The first-order valence-electron chi connectivity index (χ1n) is 7.07. The highest BCUT2D eigenvalue weighted by Gasteiger charge is 2.22. The van der Waals surface area contributed by atoms with Gasteiger partial charge in [-0.2, -0.15) is 0 Å². The monoisotopic (exact) mass is 307 g/mol. The minimum absolute atomic E-state index is 0.102. The third kappa shape index (κ3) is 2.84. The zero-order valence-electron chi connectivity index (χ0n) is 11.8. The highest BCUT2D eigenvalue weighted by atomic mass is 32.1. The lowest BCUT2D eigenvalue weighted by molar-refractivity contribution is -0.123. The molecule has 0 aromatic carbocycles. The van der Waals surface area contributed by atoms with Crippen LogP contribution in [0.25, 0.3) is 10.2 Å². The van der Waals surface area contributed by atoms with Crippen molar-refractivity contribution in [3.63, 3.8) is 0 Å². The highest BCUT2D eigenvalue weighted by molar-refractivity contribution is 7.18. The number of carbonyl (C=O) groups excluding carboxylic acids is 1. The highest BCUT2D eigenvalue weighted by Crippen LogP contribution is 2.21. The molecule has 1 aliphatic rings. The number of hydrogen-bond acceptors (Lipinski definition) is 5. The summed E-state index contributed by atoms with van der Waals surface area (Å²) >= 11 is 1.51. The lowest BCUT2D eigenvalue weighted by Crippen LogP contribution is -2.38. The van der Waals surface area contributed by atoms with E-state index in [-0.39, 0.29) is 17.4 Å². The van der Waals surface area contributed by atoms with E-state index in [0.29, 0.717) is 36.3 Å². The maximum absolute atomic E-state index is 12.4. The standard InChI is InChI=1S/C14H17N3O3S/c1-2-10-7-11-13(21-10)15-8-17(14(11)19)16-12(18)9-3-5-20-6-4-9/h7-9H,2-6H2,1H3,(H,16,18). The van der Waals surface area contributed by atoms with Crippen molar-refractivity contribution < 1.29 is 9.53 Å². The molecule has 112 valence electrons. The maximum Gasteiger partial charge on any atom is 0.280 e. The summed E-state index contributed by atoms with van der Waals surface area (Å²) in [4.78, 5) is 30.6. The van der Waals surface area contributed by atoms with Crippen molar-refractivity contribution in [3.8, 4) is 0 Å². The molecule has 1 amide bonds. The number of amides is 1. The fourth-order valence-corrected chi connectivity index (χ4v) is 3.32. The molecule has 0 radical (unpaired) electrons. The predicted molar refractivity (Wildman–Crippen MR) is 81.2 cm³/mol. The van der Waals surface area contributed by atoms with Crippen LogP contribution in [0.1, 0.15) is 24.6 Å². The van der Waals surface area contributed by atoms with E-state index < -0.39 is 0 Å². The minimum Gasteiger partial charge on any atom is -0.381 e. The molecule has 1 N–H and O–H groups in total. The first-order chi connectivity index (χ1) is 10.2. The first-order valence-corrected chi connectivity index (χ1v) is 7.89. The lowest BCUT2D eigenvalue weighted by Gasteiger charge is -2.21. The Morgan fingerprint density at radius 1 is 1.52 bits per heavy atom. The third-order valence-electron chi connectivity index (χ3n) is 3.67. The van der Waals surface area contributed by atoms with E-state index in [9.17, 15) is 9.59 Å². The van der Waals surface area contributed by atoms with Crippen LogP contribution in [-0.4, -0.2) is 28.8 Å². The smallest absolute Gasteiger partial charge is 0.280 e. The Bertz CT molecular complexity index is 716. The number of fused-ring (bicyclic) bond motifs is 1. The van der Waals surface area contributed by atoms with Crippen LogP contribution in [0.15, 0.2) is 17.2 Å². The summed E-state index contributed by atoms with van der Waals surface area (Å²) in [6.45, 7) is 3.22. The molecule has 2 aromatic heterocycles. The molecule has 0 aliphatic carbocycles. The van der Waals surface area contributed by atoms with Gasteiger partial charge < -0.3 is 4.74 Å². The number of thiophene rings is 1. The number of hydrogen-bond donors (Lipinski definition) is 1. The van der Waals surface area contributed by atoms with Gasteiger partial charge in [0.2, 0.25) is 5.91 Å². The summed E-state index contributed by atoms with van der Waals surface area (Å²) in [6.07, 6.45) is 3.64. The second-order valence-electron chi connectivity index (χ2n) is 5.07. The van der Waals surface area contributed by atoms with Gasteiger partial charge in [-0.1, -0.05) is 6.92 Å². The number of carbonyl (C=O) groups is 1. The average Bonchev–Trinajstić information content (AvgIpc) is 2.95. The molecule has 2 aromatic rings. The van der Waals surface area contributed by atoms with E-state index in [1.165, 1.54) is 22.3 Å². The van der Waals surface area contributed by atoms with Crippen molar-refractivity contribution >= 4 is 27.5 Å². The van der Waals surface area contributed by atoms with Gasteiger partial charge in [-0.3, -0.25) is 15.0 Å². The molecule has 6 nitrogen and oxygen atoms in total. The second kappa shape index (κ2) is 5.95. The molecule has 0 saturated carbocycles. The quantitative estimate of drug-likeness (QED) is 0.933. The molecular formula is C14H17N3O3S. The van der Waals surface area contributed by atoms with Crippen LogP contribution in [0.3, 0.4) is 0 Å². The summed E-state index contributed by atoms with van der Waals surface area (Å²) in [5, 5.41) is 0.562. The molecule has 1 fully saturated rings. The number of aromatic nitrogens is 2. The number of aryl methyl sites for hydroxylation is 1. The Morgan fingerprint density at radius 3 is 3.00 bits per heavy atom. The number of ether oxygens (including phenoxy) is 1. The summed E-state index contributed by atoms with van der Waals surface area (Å²) < 4.78 is 6.42. The third-order valence-corrected chi connectivity index (χ3v) is 4.86. The van der Waals surface area contributed by atoms with Gasteiger partial charge in [0.25, 0.3) is 5.56 Å². The van der Waals surface area contributed by atoms with E-state index in [1.54, 1.807) is 0 Å². The zero-order chi connectivity index (χ0) is 14.8. The van der Waals surface area contributed by atoms with E-state index >= 15 is 0 Å². The SMILES string of the molecule is CCc1cc2c(=O)n(NC(=O)C3CCOCC3)cnc2s1. The van der Waals surface area contributed by atoms with Crippen molar-refractivity contribution in [1.29, 1.82) is 0 Å². The van der Waals surface area contributed by atoms with Crippen LogP contribution in [0.5, 0.6) is 0 Å². The van der Waals surface area contributed by atoms with Crippen LogP contribution >= 0.6 is 11.3 Å². The molecule has 21 heavy (non-hydrogen) atoms. The van der Waals surface area contributed by atoms with Gasteiger partial charge >= 0.3 is 0 Å². The van der Waals surface area contributed by atoms with Crippen molar-refractivity contribution in [1.82, 2.24) is 9.66 Å². The van der Waals surface area contributed by atoms with E-state index in [1.807, 2.05) is 13.0 Å². The molecule has 0 atom stereocenters. The fourth-order valence-electron chi connectivity index (χ4n) is 2.40. The van der Waals surface area contributed by atoms with Gasteiger partial charge in [0.1, 0.15) is 11.2 Å². The number of nitrogens with zero attached hydrogens (tertiary/aromatic N) is 2. The molecule has 7 heteroatoms. The first kappa shape index (κ1) is 14.2. The molecule has 0 spiro atoms. The van der Waals surface area contributed by atoms with Crippen molar-refractivity contribution in [3.05, 3.63) is 27.6 Å². The summed E-state index contributed by atoms with van der Waals surface area (Å²) in [6, 6.07) is 1.85. The van der Waals surface area contributed by atoms with E-state index in [0.717, 1.165) is 11.3 Å².